The summed E-state index contributed by atoms with van der Waals surface area (Å²) in [6.07, 6.45) is 2.85. The quantitative estimate of drug-likeness (QED) is 0.565. The van der Waals surface area contributed by atoms with Gasteiger partial charge < -0.3 is 4.74 Å². The summed E-state index contributed by atoms with van der Waals surface area (Å²) in [5.74, 6) is -0.244. The molecule has 0 bridgehead atoms. The molecule has 2 aromatic heterocycles. The fraction of sp³-hybridized carbons (Fsp3) is 0.100. The average Bonchev–Trinajstić information content (AvgIpc) is 3.19. The van der Waals surface area contributed by atoms with E-state index in [1.807, 2.05) is 42.5 Å². The monoisotopic (exact) mass is 360 g/mol. The molecule has 0 saturated heterocycles. The standard InChI is InChI=1S/C20H16N4O3/c1-2-27-19(26)15-11-21-24(12-15)20-22-17-10-14(13-6-4-3-5-7-13)8-9-16(17)18(25)23-20/h3-12H,2H2,1H3,(H,22,23,25). The molecule has 0 aliphatic heterocycles. The first kappa shape index (κ1) is 16.7. The number of H-pyrrole nitrogens is 1. The van der Waals surface area contributed by atoms with Crippen LogP contribution < -0.4 is 5.56 Å². The van der Waals surface area contributed by atoms with E-state index in [2.05, 4.69) is 15.1 Å². The molecule has 0 spiro atoms. The van der Waals surface area contributed by atoms with Crippen LogP contribution in [0.1, 0.15) is 17.3 Å². The Labute approximate surface area is 154 Å². The largest absolute Gasteiger partial charge is 0.462 e. The van der Waals surface area contributed by atoms with Crippen LogP contribution in [-0.4, -0.2) is 32.3 Å². The summed E-state index contributed by atoms with van der Waals surface area (Å²) in [5, 5.41) is 4.58. The predicted octanol–water partition coefficient (Wildman–Crippen LogP) is 2.95. The highest BCUT2D eigenvalue weighted by atomic mass is 16.5. The third-order valence-electron chi connectivity index (χ3n) is 4.11. The highest BCUT2D eigenvalue weighted by Crippen LogP contribution is 2.22. The summed E-state index contributed by atoms with van der Waals surface area (Å²) in [7, 11) is 0. The van der Waals surface area contributed by atoms with E-state index in [9.17, 15) is 9.59 Å². The normalized spacial score (nSPS) is 10.9. The van der Waals surface area contributed by atoms with Gasteiger partial charge in [-0.1, -0.05) is 36.4 Å². The van der Waals surface area contributed by atoms with Gasteiger partial charge in [0.15, 0.2) is 0 Å². The molecule has 7 heteroatoms. The molecule has 134 valence electrons. The molecule has 0 amide bonds. The van der Waals surface area contributed by atoms with Crippen LogP contribution in [0.4, 0.5) is 0 Å². The van der Waals surface area contributed by atoms with E-state index < -0.39 is 5.97 Å². The van der Waals surface area contributed by atoms with Crippen molar-refractivity contribution in [3.63, 3.8) is 0 Å². The predicted molar refractivity (Wildman–Crippen MR) is 101 cm³/mol. The zero-order chi connectivity index (χ0) is 18.8. The molecule has 4 rings (SSSR count). The van der Waals surface area contributed by atoms with Crippen molar-refractivity contribution in [2.24, 2.45) is 0 Å². The highest BCUT2D eigenvalue weighted by molar-refractivity contribution is 5.89. The van der Waals surface area contributed by atoms with Crippen LogP contribution in [0.5, 0.6) is 0 Å². The van der Waals surface area contributed by atoms with E-state index >= 15 is 0 Å². The van der Waals surface area contributed by atoms with Crippen molar-refractivity contribution >= 4 is 16.9 Å². The van der Waals surface area contributed by atoms with Crippen molar-refractivity contribution in [2.75, 3.05) is 6.61 Å². The third kappa shape index (κ3) is 3.22. The van der Waals surface area contributed by atoms with Gasteiger partial charge in [-0.2, -0.15) is 5.10 Å². The minimum Gasteiger partial charge on any atom is -0.462 e. The number of benzene rings is 2. The van der Waals surface area contributed by atoms with Gasteiger partial charge in [0.1, 0.15) is 0 Å². The van der Waals surface area contributed by atoms with E-state index in [-0.39, 0.29) is 23.7 Å². The van der Waals surface area contributed by atoms with E-state index in [4.69, 9.17) is 4.74 Å². The van der Waals surface area contributed by atoms with Crippen molar-refractivity contribution in [1.29, 1.82) is 0 Å². The van der Waals surface area contributed by atoms with Crippen LogP contribution in [0, 0.1) is 0 Å². The molecule has 0 saturated carbocycles. The Morgan fingerprint density at radius 3 is 2.74 bits per heavy atom. The molecule has 2 aromatic carbocycles. The minimum absolute atomic E-state index is 0.230. The van der Waals surface area contributed by atoms with Crippen LogP contribution in [0.3, 0.4) is 0 Å². The molecule has 0 aliphatic carbocycles. The Balaban J connectivity index is 1.78. The number of nitrogens with one attached hydrogen (secondary N) is 1. The first-order chi connectivity index (χ1) is 13.2. The summed E-state index contributed by atoms with van der Waals surface area (Å²) in [5.41, 5.74) is 2.55. The molecular weight excluding hydrogens is 344 g/mol. The number of carbonyl (C=O) groups is 1. The van der Waals surface area contributed by atoms with E-state index in [1.54, 1.807) is 13.0 Å². The molecule has 27 heavy (non-hydrogen) atoms. The van der Waals surface area contributed by atoms with Gasteiger partial charge in [0.25, 0.3) is 5.56 Å². The SMILES string of the molecule is CCOC(=O)c1cnn(-c2nc3cc(-c4ccccc4)ccc3c(=O)[nH]2)c1. The van der Waals surface area contributed by atoms with Crippen LogP contribution in [0.25, 0.3) is 28.0 Å². The van der Waals surface area contributed by atoms with Crippen LogP contribution in [0.2, 0.25) is 0 Å². The number of ether oxygens (including phenoxy) is 1. The van der Waals surface area contributed by atoms with Gasteiger partial charge in [-0.15, -0.1) is 0 Å². The zero-order valence-electron chi connectivity index (χ0n) is 14.5. The number of aromatic nitrogens is 4. The van der Waals surface area contributed by atoms with Gasteiger partial charge in [-0.3, -0.25) is 9.78 Å². The highest BCUT2D eigenvalue weighted by Gasteiger charge is 2.12. The second kappa shape index (κ2) is 6.87. The van der Waals surface area contributed by atoms with Crippen molar-refractivity contribution < 1.29 is 9.53 Å². The summed E-state index contributed by atoms with van der Waals surface area (Å²) < 4.78 is 6.30. The van der Waals surface area contributed by atoms with Crippen molar-refractivity contribution in [1.82, 2.24) is 19.7 Å². The zero-order valence-corrected chi connectivity index (χ0v) is 14.5. The smallest absolute Gasteiger partial charge is 0.341 e. The maximum atomic E-state index is 12.4. The lowest BCUT2D eigenvalue weighted by Crippen LogP contribution is -2.14. The molecule has 1 N–H and O–H groups in total. The Bertz CT molecular complexity index is 1180. The third-order valence-corrected chi connectivity index (χ3v) is 4.11. The van der Waals surface area contributed by atoms with Gasteiger partial charge in [0.2, 0.25) is 5.95 Å². The average molecular weight is 360 g/mol. The van der Waals surface area contributed by atoms with Gasteiger partial charge in [0.05, 0.1) is 29.3 Å². The number of aromatic amines is 1. The summed E-state index contributed by atoms with van der Waals surface area (Å²) in [6.45, 7) is 2.01. The first-order valence-corrected chi connectivity index (χ1v) is 8.47. The van der Waals surface area contributed by atoms with E-state index in [0.717, 1.165) is 11.1 Å². The molecule has 0 fully saturated rings. The molecule has 0 aliphatic rings. The lowest BCUT2D eigenvalue weighted by molar-refractivity contribution is 0.0526. The second-order valence-electron chi connectivity index (χ2n) is 5.88. The lowest BCUT2D eigenvalue weighted by Gasteiger charge is -2.05. The Hall–Kier alpha value is -3.74. The summed E-state index contributed by atoms with van der Waals surface area (Å²) in [4.78, 5) is 31.4. The number of nitrogens with zero attached hydrogens (tertiary/aromatic N) is 3. The molecule has 0 radical (unpaired) electrons. The number of carbonyl (C=O) groups excluding carboxylic acids is 1. The van der Waals surface area contributed by atoms with E-state index in [1.165, 1.54) is 17.1 Å². The number of fused-ring (bicyclic) bond motifs is 1. The fourth-order valence-corrected chi connectivity index (χ4v) is 2.80. The van der Waals surface area contributed by atoms with Crippen molar-refractivity contribution in [3.8, 4) is 17.1 Å². The van der Waals surface area contributed by atoms with E-state index in [0.29, 0.717) is 10.9 Å². The Morgan fingerprint density at radius 1 is 1.15 bits per heavy atom. The maximum absolute atomic E-state index is 12.4. The lowest BCUT2D eigenvalue weighted by atomic mass is 10.0. The number of rotatable bonds is 4. The van der Waals surface area contributed by atoms with Crippen LogP contribution in [0.15, 0.2) is 65.7 Å². The minimum atomic E-state index is -0.474. The molecule has 2 heterocycles. The molecular formula is C20H16N4O3. The fourth-order valence-electron chi connectivity index (χ4n) is 2.80. The molecule has 0 atom stereocenters. The summed E-state index contributed by atoms with van der Waals surface area (Å²) >= 11 is 0. The van der Waals surface area contributed by atoms with Gasteiger partial charge >= 0.3 is 5.97 Å². The van der Waals surface area contributed by atoms with Crippen molar-refractivity contribution in [3.05, 3.63) is 76.8 Å². The maximum Gasteiger partial charge on any atom is 0.341 e. The van der Waals surface area contributed by atoms with Gasteiger partial charge in [-0.05, 0) is 30.2 Å². The Morgan fingerprint density at radius 2 is 1.96 bits per heavy atom. The van der Waals surface area contributed by atoms with Gasteiger partial charge in [0, 0.05) is 6.20 Å². The number of esters is 1. The topological polar surface area (TPSA) is 89.9 Å². The second-order valence-corrected chi connectivity index (χ2v) is 5.88. The first-order valence-electron chi connectivity index (χ1n) is 8.47. The summed E-state index contributed by atoms with van der Waals surface area (Å²) in [6, 6.07) is 15.3. The van der Waals surface area contributed by atoms with Crippen molar-refractivity contribution in [2.45, 2.75) is 6.92 Å². The van der Waals surface area contributed by atoms with Crippen LogP contribution in [-0.2, 0) is 4.74 Å². The van der Waals surface area contributed by atoms with Crippen LogP contribution >= 0.6 is 0 Å². The number of hydrogen-bond donors (Lipinski definition) is 1. The number of hydrogen-bond acceptors (Lipinski definition) is 5. The van der Waals surface area contributed by atoms with Gasteiger partial charge in [-0.25, -0.2) is 14.5 Å². The molecule has 4 aromatic rings. The Kier molecular flexibility index (Phi) is 4.25. The molecule has 7 nitrogen and oxygen atoms in total. The molecule has 0 unspecified atom stereocenters.